The molecule has 2 N–H and O–H groups in total. The summed E-state index contributed by atoms with van der Waals surface area (Å²) in [6.07, 6.45) is 11.5. The van der Waals surface area contributed by atoms with Gasteiger partial charge in [0.05, 0.1) is 6.61 Å². The van der Waals surface area contributed by atoms with Gasteiger partial charge in [0.2, 0.25) is 0 Å². The Kier molecular flexibility index (Phi) is 5.20. The largest absolute Gasteiger partial charge is 0.464 e. The van der Waals surface area contributed by atoms with Crippen molar-refractivity contribution in [1.29, 1.82) is 0 Å². The number of hydrogen-bond acceptors (Lipinski definition) is 3. The minimum atomic E-state index is -0.654. The number of nitrogens with two attached hydrogens (primary N) is 1. The first kappa shape index (κ1) is 12.1. The predicted octanol–water partition coefficient (Wildman–Crippen LogP) is 1.46. The maximum Gasteiger partial charge on any atom is 0.323 e. The molecule has 0 saturated heterocycles. The Balaban J connectivity index is 2.18. The molecule has 1 saturated carbocycles. The topological polar surface area (TPSA) is 52.3 Å². The minimum Gasteiger partial charge on any atom is -0.464 e. The average Bonchev–Trinajstić information content (AvgIpc) is 2.27. The number of carbonyl (C=O) groups is 1. The van der Waals surface area contributed by atoms with Gasteiger partial charge in [-0.15, -0.1) is 12.3 Å². The van der Waals surface area contributed by atoms with E-state index >= 15 is 0 Å². The third kappa shape index (κ3) is 4.35. The second kappa shape index (κ2) is 6.47. The van der Waals surface area contributed by atoms with Crippen LogP contribution in [0.2, 0.25) is 0 Å². The molecule has 0 aliphatic heterocycles. The Morgan fingerprint density at radius 2 is 2.13 bits per heavy atom. The van der Waals surface area contributed by atoms with Crippen LogP contribution in [0.5, 0.6) is 0 Å². The number of ether oxygens (including phenoxy) is 1. The molecule has 0 heterocycles. The Morgan fingerprint density at radius 1 is 1.47 bits per heavy atom. The smallest absolute Gasteiger partial charge is 0.323 e. The van der Waals surface area contributed by atoms with E-state index in [9.17, 15) is 4.79 Å². The first-order valence-corrected chi connectivity index (χ1v) is 5.59. The van der Waals surface area contributed by atoms with Crippen molar-refractivity contribution < 1.29 is 9.53 Å². The lowest BCUT2D eigenvalue weighted by molar-refractivity contribution is -0.146. The van der Waals surface area contributed by atoms with Crippen molar-refractivity contribution in [3.63, 3.8) is 0 Å². The molecule has 1 unspecified atom stereocenters. The lowest BCUT2D eigenvalue weighted by Crippen LogP contribution is -2.33. The van der Waals surface area contributed by atoms with Gasteiger partial charge in [-0.1, -0.05) is 19.3 Å². The molecule has 0 aromatic rings. The van der Waals surface area contributed by atoms with E-state index in [1.807, 2.05) is 0 Å². The van der Waals surface area contributed by atoms with Gasteiger partial charge in [0.15, 0.2) is 0 Å². The van der Waals surface area contributed by atoms with Crippen LogP contribution in [0, 0.1) is 18.3 Å². The third-order valence-corrected chi connectivity index (χ3v) is 2.83. The number of carbonyl (C=O) groups excluding carboxylic acids is 1. The van der Waals surface area contributed by atoms with E-state index in [1.54, 1.807) is 0 Å². The first-order valence-electron chi connectivity index (χ1n) is 5.59. The summed E-state index contributed by atoms with van der Waals surface area (Å²) in [7, 11) is 0. The third-order valence-electron chi connectivity index (χ3n) is 2.83. The lowest BCUT2D eigenvalue weighted by atomic mass is 9.90. The quantitative estimate of drug-likeness (QED) is 0.563. The molecule has 0 spiro atoms. The summed E-state index contributed by atoms with van der Waals surface area (Å²) in [4.78, 5) is 11.3. The minimum absolute atomic E-state index is 0.253. The molecule has 84 valence electrons. The number of terminal acetylenes is 1. The van der Waals surface area contributed by atoms with Crippen molar-refractivity contribution in [3.05, 3.63) is 0 Å². The molecule has 1 rings (SSSR count). The van der Waals surface area contributed by atoms with Crippen LogP contribution < -0.4 is 5.73 Å². The molecule has 15 heavy (non-hydrogen) atoms. The highest BCUT2D eigenvalue weighted by molar-refractivity contribution is 5.75. The standard InChI is InChI=1S/C12H19NO2/c1-2-6-11(13)12(14)15-9-10-7-4-3-5-8-10/h1,10-11H,3-9,13H2. The van der Waals surface area contributed by atoms with Crippen LogP contribution in [0.25, 0.3) is 0 Å². The summed E-state index contributed by atoms with van der Waals surface area (Å²) < 4.78 is 5.14. The van der Waals surface area contributed by atoms with E-state index in [4.69, 9.17) is 16.9 Å². The summed E-state index contributed by atoms with van der Waals surface area (Å²) in [5.41, 5.74) is 5.53. The highest BCUT2D eigenvalue weighted by Crippen LogP contribution is 2.23. The van der Waals surface area contributed by atoms with E-state index in [0.29, 0.717) is 12.5 Å². The molecule has 1 aliphatic carbocycles. The van der Waals surface area contributed by atoms with E-state index < -0.39 is 6.04 Å². The Morgan fingerprint density at radius 3 is 2.73 bits per heavy atom. The van der Waals surface area contributed by atoms with Crippen LogP contribution in [0.15, 0.2) is 0 Å². The second-order valence-electron chi connectivity index (χ2n) is 4.15. The predicted molar refractivity (Wildman–Crippen MR) is 59.0 cm³/mol. The van der Waals surface area contributed by atoms with Crippen molar-refractivity contribution in [2.45, 2.75) is 44.6 Å². The molecule has 1 atom stereocenters. The average molecular weight is 209 g/mol. The van der Waals surface area contributed by atoms with Gasteiger partial charge in [-0.05, 0) is 18.8 Å². The van der Waals surface area contributed by atoms with Crippen molar-refractivity contribution in [3.8, 4) is 12.3 Å². The molecular formula is C12H19NO2. The van der Waals surface area contributed by atoms with Crippen LogP contribution >= 0.6 is 0 Å². The molecule has 3 heteroatoms. The van der Waals surface area contributed by atoms with Crippen LogP contribution in [-0.4, -0.2) is 18.6 Å². The van der Waals surface area contributed by atoms with Crippen molar-refractivity contribution in [1.82, 2.24) is 0 Å². The van der Waals surface area contributed by atoms with Gasteiger partial charge in [0.25, 0.3) is 0 Å². The zero-order valence-electron chi connectivity index (χ0n) is 9.08. The molecule has 0 aromatic carbocycles. The molecule has 0 radical (unpaired) electrons. The summed E-state index contributed by atoms with van der Waals surface area (Å²) in [6.45, 7) is 0.511. The van der Waals surface area contributed by atoms with Crippen LogP contribution in [0.4, 0.5) is 0 Å². The Bertz CT molecular complexity index is 238. The van der Waals surface area contributed by atoms with Gasteiger partial charge in [-0.25, -0.2) is 0 Å². The second-order valence-corrected chi connectivity index (χ2v) is 4.15. The SMILES string of the molecule is C#CCC(N)C(=O)OCC1CCCCC1. The van der Waals surface area contributed by atoms with Gasteiger partial charge in [-0.2, -0.15) is 0 Å². The lowest BCUT2D eigenvalue weighted by Gasteiger charge is -2.21. The maximum atomic E-state index is 11.3. The highest BCUT2D eigenvalue weighted by atomic mass is 16.5. The van der Waals surface area contributed by atoms with Crippen LogP contribution in [0.3, 0.4) is 0 Å². The summed E-state index contributed by atoms with van der Waals surface area (Å²) in [5, 5.41) is 0. The van der Waals surface area contributed by atoms with Crippen LogP contribution in [-0.2, 0) is 9.53 Å². The van der Waals surface area contributed by atoms with Crippen molar-refractivity contribution in [2.75, 3.05) is 6.61 Å². The van der Waals surface area contributed by atoms with Gasteiger partial charge < -0.3 is 10.5 Å². The summed E-state index contributed by atoms with van der Waals surface area (Å²) >= 11 is 0. The molecule has 1 aliphatic rings. The van der Waals surface area contributed by atoms with E-state index in [0.717, 1.165) is 12.8 Å². The summed E-state index contributed by atoms with van der Waals surface area (Å²) in [5.74, 6) is 2.53. The molecular weight excluding hydrogens is 190 g/mol. The molecule has 0 amide bonds. The molecule has 0 bridgehead atoms. The van der Waals surface area contributed by atoms with Gasteiger partial charge >= 0.3 is 5.97 Å². The normalized spacial score (nSPS) is 19.2. The highest BCUT2D eigenvalue weighted by Gasteiger charge is 2.18. The summed E-state index contributed by atoms with van der Waals surface area (Å²) in [6, 6.07) is -0.654. The Labute approximate surface area is 91.4 Å². The zero-order chi connectivity index (χ0) is 11.1. The fourth-order valence-corrected chi connectivity index (χ4v) is 1.87. The van der Waals surface area contributed by atoms with E-state index in [2.05, 4.69) is 5.92 Å². The fourth-order valence-electron chi connectivity index (χ4n) is 1.87. The van der Waals surface area contributed by atoms with E-state index in [1.165, 1.54) is 19.3 Å². The molecule has 1 fully saturated rings. The number of hydrogen-bond donors (Lipinski definition) is 1. The maximum absolute atomic E-state index is 11.3. The Hall–Kier alpha value is -1.01. The van der Waals surface area contributed by atoms with Gasteiger partial charge in [0.1, 0.15) is 6.04 Å². The van der Waals surface area contributed by atoms with Crippen molar-refractivity contribution in [2.24, 2.45) is 11.7 Å². The van der Waals surface area contributed by atoms with Gasteiger partial charge in [0, 0.05) is 6.42 Å². The van der Waals surface area contributed by atoms with Crippen molar-refractivity contribution >= 4 is 5.97 Å². The fraction of sp³-hybridized carbons (Fsp3) is 0.750. The molecule has 0 aromatic heterocycles. The number of esters is 1. The molecule has 3 nitrogen and oxygen atoms in total. The van der Waals surface area contributed by atoms with Crippen LogP contribution in [0.1, 0.15) is 38.5 Å². The van der Waals surface area contributed by atoms with Gasteiger partial charge in [-0.3, -0.25) is 4.79 Å². The zero-order valence-corrected chi connectivity index (χ0v) is 9.08. The van der Waals surface area contributed by atoms with E-state index in [-0.39, 0.29) is 12.4 Å². The number of rotatable bonds is 4. The first-order chi connectivity index (χ1) is 7.24. The monoisotopic (exact) mass is 209 g/mol.